The maximum absolute atomic E-state index is 14.1. The number of nitrogens with one attached hydrogen (secondary N) is 1. The third-order valence-corrected chi connectivity index (χ3v) is 4.98. The molecule has 0 radical (unpaired) electrons. The first kappa shape index (κ1) is 19.9. The van der Waals surface area contributed by atoms with Gasteiger partial charge in [0.25, 0.3) is 5.91 Å². The van der Waals surface area contributed by atoms with Crippen LogP contribution in [-0.2, 0) is 11.2 Å². The highest BCUT2D eigenvalue weighted by atomic mass is 19.1. The largest absolute Gasteiger partial charge is 0.480 e. The van der Waals surface area contributed by atoms with Crippen LogP contribution < -0.4 is 5.32 Å². The van der Waals surface area contributed by atoms with Crippen molar-refractivity contribution >= 4 is 11.9 Å². The predicted molar refractivity (Wildman–Crippen MR) is 99.9 cm³/mol. The number of aromatic nitrogens is 3. The molecular weight excluding hydrogens is 365 g/mol. The number of amides is 1. The van der Waals surface area contributed by atoms with E-state index in [1.54, 1.807) is 18.2 Å². The van der Waals surface area contributed by atoms with Crippen LogP contribution in [0, 0.1) is 5.82 Å². The number of aliphatic carboxylic acids is 1. The second-order valence-electron chi connectivity index (χ2n) is 6.82. The van der Waals surface area contributed by atoms with Gasteiger partial charge in [0.1, 0.15) is 17.3 Å². The number of aryl methyl sites for hydroxylation is 1. The van der Waals surface area contributed by atoms with Crippen molar-refractivity contribution in [3.8, 4) is 5.69 Å². The molecule has 0 unspecified atom stereocenters. The van der Waals surface area contributed by atoms with E-state index in [0.717, 1.165) is 0 Å². The molecule has 2 N–H and O–H groups in total. The number of carbonyl (C=O) groups is 2. The van der Waals surface area contributed by atoms with Gasteiger partial charge in [-0.2, -0.15) is 0 Å². The lowest BCUT2D eigenvalue weighted by molar-refractivity contribution is -0.139. The van der Waals surface area contributed by atoms with Crippen molar-refractivity contribution in [2.75, 3.05) is 13.1 Å². The first-order valence-electron chi connectivity index (χ1n) is 9.40. The fourth-order valence-corrected chi connectivity index (χ4v) is 3.41. The smallest absolute Gasteiger partial charge is 0.317 e. The molecule has 150 valence electrons. The van der Waals surface area contributed by atoms with Gasteiger partial charge in [-0.3, -0.25) is 14.5 Å². The number of carboxylic acids is 1. The van der Waals surface area contributed by atoms with E-state index in [9.17, 15) is 14.0 Å². The molecule has 2 aromatic rings. The monoisotopic (exact) mass is 389 g/mol. The molecule has 1 saturated carbocycles. The van der Waals surface area contributed by atoms with Gasteiger partial charge in [0.05, 0.1) is 6.54 Å². The molecule has 0 bridgehead atoms. The summed E-state index contributed by atoms with van der Waals surface area (Å²) in [7, 11) is 0. The summed E-state index contributed by atoms with van der Waals surface area (Å²) in [6.07, 6.45) is 1.86. The maximum atomic E-state index is 14.1. The van der Waals surface area contributed by atoms with Crippen LogP contribution in [-0.4, -0.2) is 61.8 Å². The molecule has 3 rings (SSSR count). The fourth-order valence-electron chi connectivity index (χ4n) is 3.41. The highest BCUT2D eigenvalue weighted by Crippen LogP contribution is 2.26. The van der Waals surface area contributed by atoms with Gasteiger partial charge in [-0.15, -0.1) is 5.10 Å². The Labute approximate surface area is 162 Å². The zero-order chi connectivity index (χ0) is 20.3. The van der Waals surface area contributed by atoms with E-state index in [4.69, 9.17) is 5.11 Å². The van der Waals surface area contributed by atoms with E-state index in [1.807, 2.05) is 18.7 Å². The summed E-state index contributed by atoms with van der Waals surface area (Å²) in [4.78, 5) is 29.6. The second-order valence-corrected chi connectivity index (χ2v) is 6.82. The van der Waals surface area contributed by atoms with Gasteiger partial charge in [-0.05, 0) is 31.5 Å². The third-order valence-electron chi connectivity index (χ3n) is 4.98. The zero-order valence-corrected chi connectivity index (χ0v) is 15.9. The Morgan fingerprint density at radius 1 is 1.32 bits per heavy atom. The molecule has 1 aromatic carbocycles. The Morgan fingerprint density at radius 2 is 2.04 bits per heavy atom. The third kappa shape index (κ3) is 4.19. The van der Waals surface area contributed by atoms with Gasteiger partial charge in [0.2, 0.25) is 5.82 Å². The van der Waals surface area contributed by atoms with E-state index < -0.39 is 17.7 Å². The molecular formula is C19H24FN5O3. The molecule has 0 aliphatic heterocycles. The molecule has 0 saturated heterocycles. The maximum Gasteiger partial charge on any atom is 0.317 e. The number of hydrogen-bond acceptors (Lipinski definition) is 5. The number of carboxylic acid groups (broad SMARTS) is 1. The normalized spacial score (nSPS) is 18.7. The molecule has 9 heteroatoms. The summed E-state index contributed by atoms with van der Waals surface area (Å²) >= 11 is 0. The van der Waals surface area contributed by atoms with Gasteiger partial charge < -0.3 is 10.4 Å². The first-order chi connectivity index (χ1) is 13.4. The highest BCUT2D eigenvalue weighted by molar-refractivity contribution is 5.90. The van der Waals surface area contributed by atoms with Gasteiger partial charge in [-0.25, -0.2) is 14.1 Å². The average molecular weight is 389 g/mol. The number of benzene rings is 1. The summed E-state index contributed by atoms with van der Waals surface area (Å²) < 4.78 is 15.4. The summed E-state index contributed by atoms with van der Waals surface area (Å²) in [6, 6.07) is 6.30. The van der Waals surface area contributed by atoms with Gasteiger partial charge in [0.15, 0.2) is 0 Å². The predicted octanol–water partition coefficient (Wildman–Crippen LogP) is 1.64. The first-order valence-corrected chi connectivity index (χ1v) is 9.40. The number of hydrogen-bond donors (Lipinski definition) is 2. The van der Waals surface area contributed by atoms with Crippen LogP contribution in [0.15, 0.2) is 24.3 Å². The molecule has 28 heavy (non-hydrogen) atoms. The van der Waals surface area contributed by atoms with Crippen molar-refractivity contribution in [3.05, 3.63) is 41.7 Å². The lowest BCUT2D eigenvalue weighted by Gasteiger charge is -2.42. The van der Waals surface area contributed by atoms with Crippen LogP contribution in [0.2, 0.25) is 0 Å². The van der Waals surface area contributed by atoms with E-state index in [-0.39, 0.29) is 30.1 Å². The van der Waals surface area contributed by atoms with Gasteiger partial charge >= 0.3 is 5.97 Å². The van der Waals surface area contributed by atoms with Gasteiger partial charge in [-0.1, -0.05) is 26.0 Å². The van der Waals surface area contributed by atoms with Crippen LogP contribution in [0.25, 0.3) is 5.69 Å². The number of nitrogens with zero attached hydrogens (tertiary/aromatic N) is 4. The van der Waals surface area contributed by atoms with Gasteiger partial charge in [0, 0.05) is 18.5 Å². The quantitative estimate of drug-likeness (QED) is 0.712. The summed E-state index contributed by atoms with van der Waals surface area (Å²) in [5, 5.41) is 16.0. The number of halogens is 1. The number of para-hydroxylation sites is 1. The zero-order valence-electron chi connectivity index (χ0n) is 15.9. The number of rotatable bonds is 8. The molecule has 1 amide bonds. The van der Waals surface area contributed by atoms with Crippen molar-refractivity contribution in [1.82, 2.24) is 25.0 Å². The minimum Gasteiger partial charge on any atom is -0.480 e. The van der Waals surface area contributed by atoms with Crippen LogP contribution in [0.1, 0.15) is 43.1 Å². The molecule has 8 nitrogen and oxygen atoms in total. The van der Waals surface area contributed by atoms with E-state index in [0.29, 0.717) is 31.6 Å². The fraction of sp³-hybridized carbons (Fsp3) is 0.474. The topological polar surface area (TPSA) is 100 Å². The Balaban J connectivity index is 1.65. The Hall–Kier alpha value is -2.81. The lowest BCUT2D eigenvalue weighted by atomic mass is 9.85. The Kier molecular flexibility index (Phi) is 6.03. The highest BCUT2D eigenvalue weighted by Gasteiger charge is 2.35. The molecule has 1 aliphatic rings. The molecule has 0 spiro atoms. The Bertz CT molecular complexity index is 863. The van der Waals surface area contributed by atoms with Crippen molar-refractivity contribution in [1.29, 1.82) is 0 Å². The second kappa shape index (κ2) is 8.47. The molecule has 0 atom stereocenters. The number of likely N-dealkylation sites (N-methyl/N-ethyl adjacent to an activating group) is 1. The minimum atomic E-state index is -0.857. The Morgan fingerprint density at radius 3 is 2.64 bits per heavy atom. The summed E-state index contributed by atoms with van der Waals surface area (Å²) in [5.41, 5.74) is 0.252. The molecule has 1 aromatic heterocycles. The van der Waals surface area contributed by atoms with Crippen LogP contribution in [0.3, 0.4) is 0 Å². The van der Waals surface area contributed by atoms with Crippen molar-refractivity contribution in [2.45, 2.75) is 45.2 Å². The van der Waals surface area contributed by atoms with Crippen molar-refractivity contribution < 1.29 is 19.1 Å². The van der Waals surface area contributed by atoms with Crippen LogP contribution in [0.4, 0.5) is 4.39 Å². The van der Waals surface area contributed by atoms with Crippen LogP contribution >= 0.6 is 0 Å². The minimum absolute atomic E-state index is 0.00133. The van der Waals surface area contributed by atoms with E-state index in [2.05, 4.69) is 15.4 Å². The van der Waals surface area contributed by atoms with Crippen molar-refractivity contribution in [3.63, 3.8) is 0 Å². The SMILES string of the molecule is CCc1nc(C(=O)NC2CC(N(CC)CC(=O)O)C2)nn1-c1ccccc1F. The van der Waals surface area contributed by atoms with E-state index >= 15 is 0 Å². The van der Waals surface area contributed by atoms with Crippen LogP contribution in [0.5, 0.6) is 0 Å². The lowest BCUT2D eigenvalue weighted by Crippen LogP contribution is -2.54. The molecule has 1 fully saturated rings. The summed E-state index contributed by atoms with van der Waals surface area (Å²) in [5.74, 6) is -1.20. The number of carbonyl (C=O) groups excluding carboxylic acids is 1. The van der Waals surface area contributed by atoms with E-state index in [1.165, 1.54) is 10.7 Å². The van der Waals surface area contributed by atoms with Crippen molar-refractivity contribution in [2.24, 2.45) is 0 Å². The molecule has 1 heterocycles. The molecule has 1 aliphatic carbocycles. The summed E-state index contributed by atoms with van der Waals surface area (Å²) in [6.45, 7) is 4.42. The standard InChI is InChI=1S/C19H24FN5O3/c1-3-16-22-18(23-25(16)15-8-6-5-7-14(15)20)19(28)21-12-9-13(10-12)24(4-2)11-17(26)27/h5-8,12-13H,3-4,9-11H2,1-2H3,(H,21,28)(H,26,27). The average Bonchev–Trinajstić information content (AvgIpc) is 3.07.